The number of hydrogen-bond donors (Lipinski definition) is 3. The van der Waals surface area contributed by atoms with Gasteiger partial charge in [0.05, 0.1) is 19.6 Å². The first kappa shape index (κ1) is 11.6. The van der Waals surface area contributed by atoms with Gasteiger partial charge in [-0.25, -0.2) is 5.43 Å². The van der Waals surface area contributed by atoms with Crippen molar-refractivity contribution in [2.45, 2.75) is 6.42 Å². The molecule has 0 spiro atoms. The minimum Gasteiger partial charge on any atom is -0.395 e. The Balaban J connectivity index is 2.59. The van der Waals surface area contributed by atoms with Crippen LogP contribution in [0.5, 0.6) is 0 Å². The Labute approximate surface area is 86.4 Å². The van der Waals surface area contributed by atoms with E-state index in [4.69, 9.17) is 10.2 Å². The number of aliphatic hydroxyl groups excluding tert-OH is 2. The van der Waals surface area contributed by atoms with Crippen LogP contribution >= 0.6 is 0 Å². The first-order valence-corrected chi connectivity index (χ1v) is 4.55. The van der Waals surface area contributed by atoms with E-state index in [-0.39, 0.29) is 44.3 Å². The minimum absolute atomic E-state index is 0.0494. The van der Waals surface area contributed by atoms with Gasteiger partial charge in [-0.1, -0.05) is 0 Å². The Morgan fingerprint density at radius 3 is 2.40 bits per heavy atom. The molecular formula is C8H13N3O4. The van der Waals surface area contributed by atoms with E-state index in [2.05, 4.69) is 10.5 Å². The quantitative estimate of drug-likeness (QED) is 0.479. The van der Waals surface area contributed by atoms with E-state index in [9.17, 15) is 9.59 Å². The van der Waals surface area contributed by atoms with Gasteiger partial charge >= 0.3 is 0 Å². The minimum atomic E-state index is -0.434. The monoisotopic (exact) mass is 215 g/mol. The van der Waals surface area contributed by atoms with Crippen molar-refractivity contribution in [2.24, 2.45) is 5.10 Å². The topological polar surface area (TPSA) is 102 Å². The summed E-state index contributed by atoms with van der Waals surface area (Å²) in [5.74, 6) is -0.761. The van der Waals surface area contributed by atoms with Crippen LogP contribution < -0.4 is 5.43 Å². The first-order valence-electron chi connectivity index (χ1n) is 4.55. The van der Waals surface area contributed by atoms with Crippen LogP contribution in [0, 0.1) is 0 Å². The molecule has 1 heterocycles. The van der Waals surface area contributed by atoms with Crippen molar-refractivity contribution in [3.63, 3.8) is 0 Å². The van der Waals surface area contributed by atoms with Crippen LogP contribution in [-0.4, -0.2) is 58.9 Å². The number of nitrogens with one attached hydrogen (secondary N) is 1. The number of carbonyl (C=O) groups excluding carboxylic acids is 2. The molecule has 0 aromatic rings. The van der Waals surface area contributed by atoms with Gasteiger partial charge < -0.3 is 15.1 Å². The Hall–Kier alpha value is -1.47. The van der Waals surface area contributed by atoms with Crippen molar-refractivity contribution in [3.8, 4) is 0 Å². The maximum Gasteiger partial charge on any atom is 0.270 e. The van der Waals surface area contributed by atoms with E-state index >= 15 is 0 Å². The van der Waals surface area contributed by atoms with E-state index in [1.165, 1.54) is 4.90 Å². The fourth-order valence-corrected chi connectivity index (χ4v) is 1.22. The molecule has 0 saturated carbocycles. The zero-order valence-electron chi connectivity index (χ0n) is 8.14. The highest BCUT2D eigenvalue weighted by molar-refractivity contribution is 6.43. The molecule has 0 bridgehead atoms. The fraction of sp³-hybridized carbons (Fsp3) is 0.625. The number of hydrogen-bond acceptors (Lipinski definition) is 5. The molecule has 15 heavy (non-hydrogen) atoms. The SMILES string of the molecule is O=C1CC(C(=O)N(CCO)CCO)=NN1. The summed E-state index contributed by atoms with van der Waals surface area (Å²) in [6.07, 6.45) is -0.0494. The molecule has 0 unspecified atom stereocenters. The number of rotatable bonds is 5. The Morgan fingerprint density at radius 1 is 1.40 bits per heavy atom. The summed E-state index contributed by atoms with van der Waals surface area (Å²) >= 11 is 0. The van der Waals surface area contributed by atoms with Crippen LogP contribution in [0.1, 0.15) is 6.42 Å². The average molecular weight is 215 g/mol. The summed E-state index contributed by atoms with van der Waals surface area (Å²) in [5, 5.41) is 21.0. The number of amides is 2. The van der Waals surface area contributed by atoms with Crippen LogP contribution in [0.15, 0.2) is 5.10 Å². The van der Waals surface area contributed by atoms with E-state index in [1.54, 1.807) is 0 Å². The van der Waals surface area contributed by atoms with Crippen LogP contribution in [0.2, 0.25) is 0 Å². The van der Waals surface area contributed by atoms with Crippen LogP contribution in [0.25, 0.3) is 0 Å². The van der Waals surface area contributed by atoms with E-state index in [0.717, 1.165) is 0 Å². The third-order valence-corrected chi connectivity index (χ3v) is 1.92. The Bertz CT molecular complexity index is 284. The third-order valence-electron chi connectivity index (χ3n) is 1.92. The Morgan fingerprint density at radius 2 is 2.00 bits per heavy atom. The van der Waals surface area contributed by atoms with Gasteiger partial charge in [0.25, 0.3) is 5.91 Å². The molecule has 1 rings (SSSR count). The van der Waals surface area contributed by atoms with Gasteiger partial charge in [0.2, 0.25) is 5.91 Å². The van der Waals surface area contributed by atoms with Gasteiger partial charge in [-0.3, -0.25) is 9.59 Å². The summed E-state index contributed by atoms with van der Waals surface area (Å²) in [7, 11) is 0. The van der Waals surface area contributed by atoms with Crippen molar-refractivity contribution in [3.05, 3.63) is 0 Å². The lowest BCUT2D eigenvalue weighted by molar-refractivity contribution is -0.125. The van der Waals surface area contributed by atoms with Gasteiger partial charge in [0.15, 0.2) is 0 Å². The maximum absolute atomic E-state index is 11.7. The molecule has 2 amide bonds. The van der Waals surface area contributed by atoms with Gasteiger partial charge in [-0.15, -0.1) is 0 Å². The van der Waals surface area contributed by atoms with Crippen molar-refractivity contribution in [2.75, 3.05) is 26.3 Å². The summed E-state index contributed by atoms with van der Waals surface area (Å²) < 4.78 is 0. The van der Waals surface area contributed by atoms with Gasteiger partial charge in [-0.05, 0) is 0 Å². The molecule has 0 fully saturated rings. The predicted molar refractivity (Wildman–Crippen MR) is 50.9 cm³/mol. The summed E-state index contributed by atoms with van der Waals surface area (Å²) in [6.45, 7) is -0.153. The number of carbonyl (C=O) groups is 2. The van der Waals surface area contributed by atoms with Crippen LogP contribution in [0.4, 0.5) is 0 Å². The van der Waals surface area contributed by atoms with Gasteiger partial charge in [-0.2, -0.15) is 5.10 Å². The molecule has 0 atom stereocenters. The standard InChI is InChI=1S/C8H13N3O4/c12-3-1-11(2-4-13)8(15)6-5-7(14)10-9-6/h12-13H,1-5H2,(H,10,14). The number of nitrogens with zero attached hydrogens (tertiary/aromatic N) is 2. The second kappa shape index (κ2) is 5.42. The Kier molecular flexibility index (Phi) is 4.19. The molecule has 0 aliphatic carbocycles. The smallest absolute Gasteiger partial charge is 0.270 e. The lowest BCUT2D eigenvalue weighted by atomic mass is 10.2. The highest BCUT2D eigenvalue weighted by Crippen LogP contribution is 2.00. The molecule has 0 saturated heterocycles. The largest absolute Gasteiger partial charge is 0.395 e. The predicted octanol–water partition coefficient (Wildman–Crippen LogP) is -2.32. The number of hydrazone groups is 1. The van der Waals surface area contributed by atoms with Crippen molar-refractivity contribution < 1.29 is 19.8 Å². The molecular weight excluding hydrogens is 202 g/mol. The maximum atomic E-state index is 11.7. The molecule has 84 valence electrons. The second-order valence-corrected chi connectivity index (χ2v) is 3.01. The normalized spacial score (nSPS) is 14.8. The highest BCUT2D eigenvalue weighted by Gasteiger charge is 2.25. The van der Waals surface area contributed by atoms with Gasteiger partial charge in [0, 0.05) is 13.1 Å². The third kappa shape index (κ3) is 3.00. The first-order chi connectivity index (χ1) is 7.19. The molecule has 3 N–H and O–H groups in total. The van der Waals surface area contributed by atoms with E-state index < -0.39 is 5.91 Å². The average Bonchev–Trinajstić information content (AvgIpc) is 2.63. The molecule has 0 radical (unpaired) electrons. The zero-order valence-corrected chi connectivity index (χ0v) is 8.14. The van der Waals surface area contributed by atoms with Crippen molar-refractivity contribution in [1.82, 2.24) is 10.3 Å². The van der Waals surface area contributed by atoms with Crippen LogP contribution in [-0.2, 0) is 9.59 Å². The summed E-state index contributed by atoms with van der Waals surface area (Å²) in [5.41, 5.74) is 2.28. The fourth-order valence-electron chi connectivity index (χ4n) is 1.22. The number of aliphatic hydroxyl groups is 2. The molecule has 7 nitrogen and oxygen atoms in total. The second-order valence-electron chi connectivity index (χ2n) is 3.01. The zero-order chi connectivity index (χ0) is 11.3. The van der Waals surface area contributed by atoms with Gasteiger partial charge in [0.1, 0.15) is 5.71 Å². The molecule has 7 heteroatoms. The summed E-state index contributed by atoms with van der Waals surface area (Å²) in [6, 6.07) is 0. The lowest BCUT2D eigenvalue weighted by Gasteiger charge is -2.19. The lowest BCUT2D eigenvalue weighted by Crippen LogP contribution is -2.40. The molecule has 1 aliphatic rings. The van der Waals surface area contributed by atoms with Crippen LogP contribution in [0.3, 0.4) is 0 Å². The van der Waals surface area contributed by atoms with E-state index in [0.29, 0.717) is 0 Å². The summed E-state index contributed by atoms with van der Waals surface area (Å²) in [4.78, 5) is 23.7. The molecule has 1 aliphatic heterocycles. The van der Waals surface area contributed by atoms with Crippen molar-refractivity contribution in [1.29, 1.82) is 0 Å². The van der Waals surface area contributed by atoms with Crippen molar-refractivity contribution >= 4 is 17.5 Å². The molecule has 0 aromatic heterocycles. The molecule has 0 aromatic carbocycles. The highest BCUT2D eigenvalue weighted by atomic mass is 16.3. The van der Waals surface area contributed by atoms with E-state index in [1.807, 2.05) is 0 Å².